The van der Waals surface area contributed by atoms with Crippen molar-refractivity contribution < 1.29 is 68.4 Å². The fraction of sp³-hybridized carbons (Fsp3) is 0.833. The van der Waals surface area contributed by atoms with E-state index in [9.17, 15) is 40.4 Å². The maximum atomic E-state index is 14.5. The van der Waals surface area contributed by atoms with Gasteiger partial charge in [-0.15, -0.1) is 5.10 Å². The minimum absolute atomic E-state index is 0.0877. The third kappa shape index (κ3) is 13.7. The van der Waals surface area contributed by atoms with Crippen LogP contribution in [0.25, 0.3) is 0 Å². The summed E-state index contributed by atoms with van der Waals surface area (Å²) in [6, 6.07) is 1.71. The van der Waals surface area contributed by atoms with Crippen LogP contribution in [0.5, 0.6) is 5.88 Å². The minimum Gasteiger partial charge on any atom is -0.476 e. The first-order valence-electron chi connectivity index (χ1n) is 24.6. The number of rotatable bonds is 15. The van der Waals surface area contributed by atoms with Crippen molar-refractivity contribution in [3.05, 3.63) is 40.3 Å². The van der Waals surface area contributed by atoms with Crippen LogP contribution in [0.1, 0.15) is 101 Å². The second-order valence-corrected chi connectivity index (χ2v) is 20.9. The lowest BCUT2D eigenvalue weighted by Gasteiger charge is -2.49. The van der Waals surface area contributed by atoms with Crippen molar-refractivity contribution in [2.75, 3.05) is 40.9 Å². The molecular weight excluding hydrogens is 915 g/mol. The Balaban J connectivity index is 1.40. The Hall–Kier alpha value is -3.52. The van der Waals surface area contributed by atoms with E-state index in [-0.39, 0.29) is 49.5 Å². The first-order chi connectivity index (χ1) is 32.7. The number of likely N-dealkylation sites (N-methyl/N-ethyl adjacent to an activating group) is 2. The number of aromatic nitrogens is 4. The number of cyclic esters (lactones) is 1. The molecule has 5 heterocycles. The van der Waals surface area contributed by atoms with Gasteiger partial charge < -0.3 is 68.5 Å². The lowest BCUT2D eigenvalue weighted by molar-refractivity contribution is -0.385. The number of aliphatic hydroxyl groups is 5. The fourth-order valence-corrected chi connectivity index (χ4v) is 10.5. The lowest BCUT2D eigenvalue weighted by Crippen LogP contribution is -2.61. The highest BCUT2D eigenvalue weighted by Crippen LogP contribution is 2.40. The van der Waals surface area contributed by atoms with Gasteiger partial charge in [0.1, 0.15) is 42.8 Å². The van der Waals surface area contributed by atoms with Gasteiger partial charge in [0.2, 0.25) is 5.88 Å². The second kappa shape index (κ2) is 24.0. The molecule has 398 valence electrons. The SMILES string of the molecule is CC[C@H]1OC(=O)[C@H](C)[C@@H](O[C@H]2C[C@@](C)(OC)[C@@H](O)[C@H](C)O2)[C@H](C)[C@@H](O[C@@H]2O[C@H](C)C[C@H](N(C)CCc3cn(CCOc4ccc([N+](=O)[O-])cn4)nn3)[C@H]2O)[C@](C)(O)C[C@@H](C)CN(C)[C@H](C)[C@@H](O)[C@]1(C)O. The van der Waals surface area contributed by atoms with Crippen LogP contribution in [-0.4, -0.2) is 197 Å². The van der Waals surface area contributed by atoms with Crippen molar-refractivity contribution >= 4 is 11.7 Å². The topological polar surface area (TPSA) is 276 Å². The molecule has 2 aromatic heterocycles. The largest absolute Gasteiger partial charge is 0.476 e. The average Bonchev–Trinajstić information content (AvgIpc) is 3.76. The van der Waals surface area contributed by atoms with E-state index >= 15 is 0 Å². The van der Waals surface area contributed by atoms with E-state index in [0.717, 1.165) is 6.20 Å². The van der Waals surface area contributed by atoms with Gasteiger partial charge in [0, 0.05) is 69.4 Å². The summed E-state index contributed by atoms with van der Waals surface area (Å²) < 4.78 is 45.4. The number of methoxy groups -OCH3 is 1. The molecule has 0 saturated carbocycles. The Kier molecular flexibility index (Phi) is 19.7. The van der Waals surface area contributed by atoms with Gasteiger partial charge in [0.15, 0.2) is 12.6 Å². The summed E-state index contributed by atoms with van der Waals surface area (Å²) in [5.74, 6) is -2.60. The van der Waals surface area contributed by atoms with Crippen molar-refractivity contribution in [3.63, 3.8) is 0 Å². The standard InChI is InChI=1S/C48H81N7O15/c1-14-36-48(10,61)41(57)31(6)53(12)25-27(2)22-46(8,60)43(29(4)40(30(5)44(59)68-36)69-38-23-47(9,64-13)42(58)32(7)67-38)70-45-39(56)35(21-28(3)66-45)52(11)18-17-33-26-54(51-50-33)19-20-65-37-16-15-34(24-49-37)55(62)63/h15-16,24,26-32,35-36,38-43,45,56-58,60-61H,14,17-23,25H2,1-13H3/t27-,28-,29+,30-,31-,32+,35+,36-,38+,39-,40+,41-,42+,43-,45+,46-,47-,48-/m1/s1. The molecule has 18 atom stereocenters. The first-order valence-corrected chi connectivity index (χ1v) is 24.6. The van der Waals surface area contributed by atoms with Crippen molar-refractivity contribution in [3.8, 4) is 5.88 Å². The number of nitro groups is 1. The third-order valence-corrected chi connectivity index (χ3v) is 14.9. The van der Waals surface area contributed by atoms with E-state index in [1.165, 1.54) is 26.2 Å². The molecule has 3 aliphatic heterocycles. The van der Waals surface area contributed by atoms with Crippen LogP contribution in [0, 0.1) is 27.9 Å². The van der Waals surface area contributed by atoms with Crippen LogP contribution in [0.15, 0.2) is 24.5 Å². The zero-order valence-electron chi connectivity index (χ0n) is 43.3. The smallest absolute Gasteiger partial charge is 0.311 e. The molecule has 0 aliphatic carbocycles. The normalized spacial score (nSPS) is 39.8. The molecule has 0 bridgehead atoms. The summed E-state index contributed by atoms with van der Waals surface area (Å²) in [6.45, 7) is 18.9. The van der Waals surface area contributed by atoms with E-state index < -0.39 is 107 Å². The number of esters is 1. The summed E-state index contributed by atoms with van der Waals surface area (Å²) >= 11 is 0. The molecule has 3 saturated heterocycles. The molecule has 0 amide bonds. The highest BCUT2D eigenvalue weighted by Gasteiger charge is 2.53. The van der Waals surface area contributed by atoms with Gasteiger partial charge >= 0.3 is 5.97 Å². The van der Waals surface area contributed by atoms with Gasteiger partial charge in [0.25, 0.3) is 5.69 Å². The maximum absolute atomic E-state index is 14.5. The van der Waals surface area contributed by atoms with Crippen LogP contribution >= 0.6 is 0 Å². The second-order valence-electron chi connectivity index (χ2n) is 20.9. The first kappa shape index (κ1) is 57.4. The predicted molar refractivity (Wildman–Crippen MR) is 253 cm³/mol. The Morgan fingerprint density at radius 3 is 2.34 bits per heavy atom. The van der Waals surface area contributed by atoms with Crippen molar-refractivity contribution in [1.82, 2.24) is 29.8 Å². The Morgan fingerprint density at radius 2 is 1.71 bits per heavy atom. The van der Waals surface area contributed by atoms with Crippen molar-refractivity contribution in [2.24, 2.45) is 17.8 Å². The average molecular weight is 996 g/mol. The monoisotopic (exact) mass is 996 g/mol. The number of nitrogens with zero attached hydrogens (tertiary/aromatic N) is 7. The number of hydrogen-bond acceptors (Lipinski definition) is 20. The molecule has 0 spiro atoms. The number of carbonyl (C=O) groups is 1. The predicted octanol–water partition coefficient (Wildman–Crippen LogP) is 2.49. The van der Waals surface area contributed by atoms with Crippen LogP contribution in [0.2, 0.25) is 0 Å². The van der Waals surface area contributed by atoms with E-state index in [4.69, 9.17) is 33.2 Å². The molecule has 70 heavy (non-hydrogen) atoms. The molecule has 3 fully saturated rings. The number of carbonyl (C=O) groups excluding carboxylic acids is 1. The molecule has 0 aromatic carbocycles. The number of hydrogen-bond donors (Lipinski definition) is 5. The molecule has 22 heteroatoms. The van der Waals surface area contributed by atoms with Crippen molar-refractivity contribution in [1.29, 1.82) is 0 Å². The van der Waals surface area contributed by atoms with Gasteiger partial charge in [0.05, 0.1) is 58.7 Å². The zero-order chi connectivity index (χ0) is 52.0. The van der Waals surface area contributed by atoms with E-state index in [1.807, 2.05) is 37.7 Å². The molecular formula is C48H81N7O15. The minimum atomic E-state index is -1.85. The Labute approximate surface area is 412 Å². The van der Waals surface area contributed by atoms with Crippen LogP contribution < -0.4 is 4.74 Å². The van der Waals surface area contributed by atoms with Gasteiger partial charge in [-0.25, -0.2) is 9.67 Å². The van der Waals surface area contributed by atoms with Crippen LogP contribution in [0.4, 0.5) is 5.69 Å². The quantitative estimate of drug-likeness (QED) is 0.0974. The highest BCUT2D eigenvalue weighted by molar-refractivity contribution is 5.73. The van der Waals surface area contributed by atoms with Gasteiger partial charge in [-0.3, -0.25) is 14.9 Å². The fourth-order valence-electron chi connectivity index (χ4n) is 10.5. The van der Waals surface area contributed by atoms with Gasteiger partial charge in [-0.1, -0.05) is 26.0 Å². The number of aliphatic hydroxyl groups excluding tert-OH is 3. The number of pyridine rings is 1. The van der Waals surface area contributed by atoms with E-state index in [0.29, 0.717) is 38.2 Å². The van der Waals surface area contributed by atoms with Gasteiger partial charge in [-0.2, -0.15) is 0 Å². The summed E-state index contributed by atoms with van der Waals surface area (Å²) in [6.07, 6.45) is -5.88. The molecule has 0 unspecified atom stereocenters. The maximum Gasteiger partial charge on any atom is 0.311 e. The number of ether oxygens (including phenoxy) is 7. The molecule has 3 aliphatic rings. The third-order valence-electron chi connectivity index (χ3n) is 14.9. The van der Waals surface area contributed by atoms with Crippen molar-refractivity contribution in [2.45, 2.75) is 198 Å². The summed E-state index contributed by atoms with van der Waals surface area (Å²) in [4.78, 5) is 32.7. The highest BCUT2D eigenvalue weighted by atomic mass is 16.7. The summed E-state index contributed by atoms with van der Waals surface area (Å²) in [5.41, 5.74) is -4.00. The van der Waals surface area contributed by atoms with E-state index in [2.05, 4.69) is 15.3 Å². The zero-order valence-corrected chi connectivity index (χ0v) is 43.3. The lowest BCUT2D eigenvalue weighted by atomic mass is 9.77. The summed E-state index contributed by atoms with van der Waals surface area (Å²) in [5, 5.41) is 79.0. The summed E-state index contributed by atoms with van der Waals surface area (Å²) in [7, 11) is 5.21. The molecule has 22 nitrogen and oxygen atoms in total. The Bertz CT molecular complexity index is 1980. The Morgan fingerprint density at radius 1 is 1.01 bits per heavy atom. The van der Waals surface area contributed by atoms with E-state index in [1.54, 1.807) is 59.3 Å². The van der Waals surface area contributed by atoms with Gasteiger partial charge in [-0.05, 0) is 87.7 Å². The van der Waals surface area contributed by atoms with Crippen LogP contribution in [0.3, 0.4) is 0 Å². The molecule has 2 aromatic rings. The molecule has 0 radical (unpaired) electrons. The molecule has 5 N–H and O–H groups in total. The van der Waals surface area contributed by atoms with Crippen LogP contribution in [-0.2, 0) is 46.2 Å². The molecule has 5 rings (SSSR count).